The average molecular weight is 331 g/mol. The molecule has 0 aromatic carbocycles. The molecule has 0 amide bonds. The lowest BCUT2D eigenvalue weighted by atomic mass is 9.78. The summed E-state index contributed by atoms with van der Waals surface area (Å²) in [6, 6.07) is 0.123. The van der Waals surface area contributed by atoms with Gasteiger partial charge in [0, 0.05) is 6.54 Å². The zero-order valence-electron chi connectivity index (χ0n) is 12.7. The number of hydrazine groups is 1. The molecule has 0 aliphatic rings. The molecule has 3 N–H and O–H groups in total. The summed E-state index contributed by atoms with van der Waals surface area (Å²) in [5.74, 6) is 6.34. The van der Waals surface area contributed by atoms with E-state index in [9.17, 15) is 0 Å². The maximum Gasteiger partial charge on any atom is 0.0709 e. The van der Waals surface area contributed by atoms with Crippen molar-refractivity contribution in [1.29, 1.82) is 0 Å². The molecule has 1 aromatic rings. The first-order chi connectivity index (χ1) is 8.81. The Balaban J connectivity index is 2.94. The molecule has 1 rings (SSSR count). The molecular formula is C14H27BrN4. The summed E-state index contributed by atoms with van der Waals surface area (Å²) < 4.78 is 3.08. The van der Waals surface area contributed by atoms with E-state index in [2.05, 4.69) is 61.1 Å². The minimum atomic E-state index is 0.123. The number of aromatic nitrogens is 2. The van der Waals surface area contributed by atoms with E-state index in [1.54, 1.807) is 0 Å². The number of halogens is 1. The normalized spacial score (nSPS) is 15.5. The van der Waals surface area contributed by atoms with Gasteiger partial charge in [-0.1, -0.05) is 34.6 Å². The third-order valence-corrected chi connectivity index (χ3v) is 4.48. The fourth-order valence-corrected chi connectivity index (χ4v) is 2.65. The van der Waals surface area contributed by atoms with E-state index in [0.29, 0.717) is 5.92 Å². The van der Waals surface area contributed by atoms with E-state index in [-0.39, 0.29) is 11.5 Å². The highest BCUT2D eigenvalue weighted by Crippen LogP contribution is 2.35. The molecule has 1 heterocycles. The van der Waals surface area contributed by atoms with Crippen LogP contribution in [0, 0.1) is 11.3 Å². The fourth-order valence-electron chi connectivity index (χ4n) is 2.07. The maximum absolute atomic E-state index is 5.78. The van der Waals surface area contributed by atoms with E-state index in [0.717, 1.165) is 29.6 Å². The number of hydrogen-bond acceptors (Lipinski definition) is 3. The van der Waals surface area contributed by atoms with Gasteiger partial charge in [-0.15, -0.1) is 0 Å². The molecule has 0 fully saturated rings. The van der Waals surface area contributed by atoms with E-state index in [1.165, 1.54) is 0 Å². The lowest BCUT2D eigenvalue weighted by Crippen LogP contribution is -2.33. The van der Waals surface area contributed by atoms with Gasteiger partial charge < -0.3 is 0 Å². The Hall–Kier alpha value is -0.390. The van der Waals surface area contributed by atoms with Crippen LogP contribution in [0.3, 0.4) is 0 Å². The van der Waals surface area contributed by atoms with Crippen LogP contribution in [0.2, 0.25) is 0 Å². The maximum atomic E-state index is 5.78. The van der Waals surface area contributed by atoms with Crippen molar-refractivity contribution in [2.45, 2.75) is 60.0 Å². The highest BCUT2D eigenvalue weighted by atomic mass is 79.9. The van der Waals surface area contributed by atoms with E-state index in [1.807, 2.05) is 10.9 Å². The van der Waals surface area contributed by atoms with Crippen molar-refractivity contribution in [3.05, 3.63) is 16.4 Å². The molecule has 4 nitrogen and oxygen atoms in total. The average Bonchev–Trinajstić information content (AvgIpc) is 2.67. The standard InChI is InChI=1S/C14H27BrN4/c1-6-7-19-13(11(15)9-17-19)12(18-16)8-10(2)14(3,4)5/h9-10,12,18H,6-8,16H2,1-5H3. The van der Waals surface area contributed by atoms with Crippen LogP contribution in [0.25, 0.3) is 0 Å². The summed E-state index contributed by atoms with van der Waals surface area (Å²) in [6.07, 6.45) is 3.92. The van der Waals surface area contributed by atoms with Crippen LogP contribution in [0.5, 0.6) is 0 Å². The Morgan fingerprint density at radius 1 is 1.47 bits per heavy atom. The van der Waals surface area contributed by atoms with Crippen LogP contribution in [0.1, 0.15) is 59.2 Å². The van der Waals surface area contributed by atoms with Gasteiger partial charge in [-0.25, -0.2) is 0 Å². The van der Waals surface area contributed by atoms with Crippen LogP contribution < -0.4 is 11.3 Å². The number of hydrogen-bond donors (Lipinski definition) is 2. The monoisotopic (exact) mass is 330 g/mol. The van der Waals surface area contributed by atoms with Gasteiger partial charge in [-0.05, 0) is 40.1 Å². The third-order valence-electron chi connectivity index (χ3n) is 3.87. The first-order valence-corrected chi connectivity index (χ1v) is 7.77. The summed E-state index contributed by atoms with van der Waals surface area (Å²) in [7, 11) is 0. The molecule has 5 heteroatoms. The second-order valence-corrected chi connectivity index (χ2v) is 7.18. The van der Waals surface area contributed by atoms with Gasteiger partial charge in [0.2, 0.25) is 0 Å². The van der Waals surface area contributed by atoms with E-state index in [4.69, 9.17) is 5.84 Å². The SMILES string of the molecule is CCCn1ncc(Br)c1C(CC(C)C(C)(C)C)NN. The van der Waals surface area contributed by atoms with Gasteiger partial charge in [-0.3, -0.25) is 16.0 Å². The Labute approximate surface area is 125 Å². The largest absolute Gasteiger partial charge is 0.271 e. The van der Waals surface area contributed by atoms with Gasteiger partial charge in [0.15, 0.2) is 0 Å². The fraction of sp³-hybridized carbons (Fsp3) is 0.786. The molecule has 0 aliphatic heterocycles. The molecule has 0 radical (unpaired) electrons. The summed E-state index contributed by atoms with van der Waals surface area (Å²) >= 11 is 3.59. The van der Waals surface area contributed by atoms with Crippen LogP contribution in [-0.2, 0) is 6.54 Å². The Morgan fingerprint density at radius 3 is 2.58 bits per heavy atom. The summed E-state index contributed by atoms with van der Waals surface area (Å²) in [5.41, 5.74) is 4.38. The molecule has 0 aliphatic carbocycles. The Morgan fingerprint density at radius 2 is 2.11 bits per heavy atom. The predicted molar refractivity (Wildman–Crippen MR) is 83.5 cm³/mol. The Kier molecular flexibility index (Phi) is 6.02. The van der Waals surface area contributed by atoms with Gasteiger partial charge in [0.1, 0.15) is 0 Å². The highest BCUT2D eigenvalue weighted by molar-refractivity contribution is 9.10. The van der Waals surface area contributed by atoms with Crippen LogP contribution in [-0.4, -0.2) is 9.78 Å². The lowest BCUT2D eigenvalue weighted by molar-refractivity contribution is 0.220. The second kappa shape index (κ2) is 6.86. The molecule has 2 atom stereocenters. The lowest BCUT2D eigenvalue weighted by Gasteiger charge is -2.31. The molecule has 0 bridgehead atoms. The highest BCUT2D eigenvalue weighted by Gasteiger charge is 2.27. The molecule has 19 heavy (non-hydrogen) atoms. The van der Waals surface area contributed by atoms with E-state index < -0.39 is 0 Å². The van der Waals surface area contributed by atoms with Crippen LogP contribution in [0.15, 0.2) is 10.7 Å². The van der Waals surface area contributed by atoms with Gasteiger partial charge in [0.05, 0.1) is 22.4 Å². The first-order valence-electron chi connectivity index (χ1n) is 6.98. The van der Waals surface area contributed by atoms with Crippen molar-refractivity contribution in [2.24, 2.45) is 17.2 Å². The van der Waals surface area contributed by atoms with Crippen molar-refractivity contribution < 1.29 is 0 Å². The summed E-state index contributed by atoms with van der Waals surface area (Å²) in [5, 5.41) is 4.42. The van der Waals surface area contributed by atoms with Crippen molar-refractivity contribution >= 4 is 15.9 Å². The van der Waals surface area contributed by atoms with Crippen LogP contribution >= 0.6 is 15.9 Å². The predicted octanol–water partition coefficient (Wildman–Crippen LogP) is 3.63. The van der Waals surface area contributed by atoms with Crippen molar-refractivity contribution in [2.75, 3.05) is 0 Å². The molecule has 1 aromatic heterocycles. The van der Waals surface area contributed by atoms with Crippen molar-refractivity contribution in [3.63, 3.8) is 0 Å². The molecule has 0 saturated heterocycles. The van der Waals surface area contributed by atoms with Crippen LogP contribution in [0.4, 0.5) is 0 Å². The van der Waals surface area contributed by atoms with Gasteiger partial charge in [0.25, 0.3) is 0 Å². The van der Waals surface area contributed by atoms with E-state index >= 15 is 0 Å². The van der Waals surface area contributed by atoms with Gasteiger partial charge in [-0.2, -0.15) is 5.10 Å². The molecule has 0 spiro atoms. The zero-order valence-corrected chi connectivity index (χ0v) is 14.3. The smallest absolute Gasteiger partial charge is 0.0709 e. The minimum Gasteiger partial charge on any atom is -0.271 e. The second-order valence-electron chi connectivity index (χ2n) is 6.32. The first kappa shape index (κ1) is 16.7. The number of nitrogens with zero attached hydrogens (tertiary/aromatic N) is 2. The number of nitrogens with two attached hydrogens (primary N) is 1. The quantitative estimate of drug-likeness (QED) is 0.618. The molecule has 0 saturated carbocycles. The number of rotatable bonds is 6. The minimum absolute atomic E-state index is 0.123. The zero-order chi connectivity index (χ0) is 14.6. The van der Waals surface area contributed by atoms with Crippen molar-refractivity contribution in [3.8, 4) is 0 Å². The third kappa shape index (κ3) is 4.29. The topological polar surface area (TPSA) is 55.9 Å². The molecule has 110 valence electrons. The van der Waals surface area contributed by atoms with Gasteiger partial charge >= 0.3 is 0 Å². The summed E-state index contributed by atoms with van der Waals surface area (Å²) in [4.78, 5) is 0. The van der Waals surface area contributed by atoms with Crippen molar-refractivity contribution in [1.82, 2.24) is 15.2 Å². The molecule has 2 unspecified atom stereocenters. The Bertz CT molecular complexity index is 395. The number of nitrogens with one attached hydrogen (secondary N) is 1. The number of aryl methyl sites for hydroxylation is 1. The summed E-state index contributed by atoms with van der Waals surface area (Å²) in [6.45, 7) is 12.2. The molecular weight excluding hydrogens is 304 g/mol.